The first-order valence-corrected chi connectivity index (χ1v) is 6.90. The lowest BCUT2D eigenvalue weighted by atomic mass is 10.1. The third-order valence-corrected chi connectivity index (χ3v) is 3.53. The maximum atomic E-state index is 6.00. The van der Waals surface area contributed by atoms with E-state index in [2.05, 4.69) is 17.4 Å². The molecule has 0 fully saturated rings. The molecule has 0 aromatic heterocycles. The number of nitrogens with one attached hydrogen (secondary N) is 1. The van der Waals surface area contributed by atoms with Gasteiger partial charge in [-0.25, -0.2) is 0 Å². The zero-order valence-corrected chi connectivity index (χ0v) is 12.0. The van der Waals surface area contributed by atoms with Crippen molar-refractivity contribution in [3.05, 3.63) is 63.6 Å². The highest BCUT2D eigenvalue weighted by atomic mass is 35.5. The van der Waals surface area contributed by atoms with E-state index >= 15 is 0 Å². The number of benzene rings is 2. The molecule has 2 aromatic rings. The van der Waals surface area contributed by atoms with E-state index in [0.717, 1.165) is 25.1 Å². The van der Waals surface area contributed by atoms with E-state index < -0.39 is 0 Å². The number of nitrogens with two attached hydrogens (primary N) is 1. The topological polar surface area (TPSA) is 38.0 Å². The van der Waals surface area contributed by atoms with Crippen LogP contribution in [0.5, 0.6) is 0 Å². The fourth-order valence-electron chi connectivity index (χ4n) is 1.84. The summed E-state index contributed by atoms with van der Waals surface area (Å²) in [6.45, 7) is 1.72. The Bertz CT molecular complexity index is 518. The monoisotopic (exact) mass is 294 g/mol. The van der Waals surface area contributed by atoms with Crippen molar-refractivity contribution in [3.63, 3.8) is 0 Å². The van der Waals surface area contributed by atoms with Gasteiger partial charge in [0.15, 0.2) is 0 Å². The van der Waals surface area contributed by atoms with Crippen molar-refractivity contribution in [2.75, 3.05) is 12.3 Å². The van der Waals surface area contributed by atoms with Gasteiger partial charge in [0, 0.05) is 6.54 Å². The minimum absolute atomic E-state index is 0.448. The van der Waals surface area contributed by atoms with Crippen LogP contribution in [0.25, 0.3) is 0 Å². The Morgan fingerprint density at radius 1 is 0.947 bits per heavy atom. The van der Waals surface area contributed by atoms with Crippen LogP contribution in [0, 0.1) is 0 Å². The molecule has 0 heterocycles. The SMILES string of the molecule is Nc1c(Cl)cc(CCNCc2ccccc2)cc1Cl. The van der Waals surface area contributed by atoms with Gasteiger partial charge in [0.1, 0.15) is 0 Å². The Morgan fingerprint density at radius 3 is 2.21 bits per heavy atom. The minimum Gasteiger partial charge on any atom is -0.396 e. The minimum atomic E-state index is 0.448. The van der Waals surface area contributed by atoms with Gasteiger partial charge < -0.3 is 11.1 Å². The van der Waals surface area contributed by atoms with E-state index in [9.17, 15) is 0 Å². The van der Waals surface area contributed by atoms with E-state index in [1.54, 1.807) is 0 Å². The average Bonchev–Trinajstić information content (AvgIpc) is 2.42. The maximum absolute atomic E-state index is 6.00. The van der Waals surface area contributed by atoms with Crippen LogP contribution < -0.4 is 11.1 Å². The van der Waals surface area contributed by atoms with E-state index in [1.807, 2.05) is 30.3 Å². The molecule has 2 nitrogen and oxygen atoms in total. The van der Waals surface area contributed by atoms with Crippen molar-refractivity contribution in [2.24, 2.45) is 0 Å². The van der Waals surface area contributed by atoms with Gasteiger partial charge in [-0.1, -0.05) is 53.5 Å². The fourth-order valence-corrected chi connectivity index (χ4v) is 2.37. The largest absolute Gasteiger partial charge is 0.396 e. The number of nitrogen functional groups attached to an aromatic ring is 1. The normalized spacial score (nSPS) is 10.6. The summed E-state index contributed by atoms with van der Waals surface area (Å²) < 4.78 is 0. The van der Waals surface area contributed by atoms with Crippen LogP contribution in [0.3, 0.4) is 0 Å². The summed E-state index contributed by atoms with van der Waals surface area (Å²) in [6, 6.07) is 14.0. The number of rotatable bonds is 5. The standard InChI is InChI=1S/C15H16Cl2N2/c16-13-8-12(9-14(17)15(13)18)6-7-19-10-11-4-2-1-3-5-11/h1-5,8-9,19H,6-7,10,18H2. The molecule has 0 radical (unpaired) electrons. The van der Waals surface area contributed by atoms with Gasteiger partial charge in [-0.15, -0.1) is 0 Å². The van der Waals surface area contributed by atoms with Crippen LogP contribution >= 0.6 is 23.2 Å². The first-order chi connectivity index (χ1) is 9.16. The van der Waals surface area contributed by atoms with Crippen molar-refractivity contribution in [1.82, 2.24) is 5.32 Å². The molecule has 0 bridgehead atoms. The summed E-state index contributed by atoms with van der Waals surface area (Å²) in [7, 11) is 0. The molecule has 3 N–H and O–H groups in total. The third kappa shape index (κ3) is 4.13. The molecule has 0 spiro atoms. The van der Waals surface area contributed by atoms with Crippen LogP contribution in [0.15, 0.2) is 42.5 Å². The second-order valence-corrected chi connectivity index (χ2v) is 5.20. The summed E-state index contributed by atoms with van der Waals surface area (Å²) in [5.74, 6) is 0. The van der Waals surface area contributed by atoms with Crippen LogP contribution in [0.4, 0.5) is 5.69 Å². The lowest BCUT2D eigenvalue weighted by molar-refractivity contribution is 0.687. The van der Waals surface area contributed by atoms with E-state index in [1.165, 1.54) is 5.56 Å². The van der Waals surface area contributed by atoms with Crippen molar-refractivity contribution in [3.8, 4) is 0 Å². The highest BCUT2D eigenvalue weighted by molar-refractivity contribution is 6.38. The first-order valence-electron chi connectivity index (χ1n) is 6.15. The number of hydrogen-bond donors (Lipinski definition) is 2. The lowest BCUT2D eigenvalue weighted by Gasteiger charge is -2.08. The van der Waals surface area contributed by atoms with Crippen LogP contribution in [-0.4, -0.2) is 6.54 Å². The van der Waals surface area contributed by atoms with Gasteiger partial charge in [-0.05, 0) is 36.2 Å². The fraction of sp³-hybridized carbons (Fsp3) is 0.200. The predicted molar refractivity (Wildman–Crippen MR) is 82.7 cm³/mol. The van der Waals surface area contributed by atoms with Gasteiger partial charge in [0.2, 0.25) is 0 Å². The highest BCUT2D eigenvalue weighted by Gasteiger charge is 2.04. The van der Waals surface area contributed by atoms with E-state index in [4.69, 9.17) is 28.9 Å². The van der Waals surface area contributed by atoms with E-state index in [0.29, 0.717) is 15.7 Å². The molecule has 0 unspecified atom stereocenters. The zero-order valence-electron chi connectivity index (χ0n) is 10.5. The molecule has 0 aliphatic heterocycles. The number of hydrogen-bond acceptors (Lipinski definition) is 2. The lowest BCUT2D eigenvalue weighted by Crippen LogP contribution is -2.16. The van der Waals surface area contributed by atoms with Gasteiger partial charge in [-0.3, -0.25) is 0 Å². The molecule has 0 aliphatic carbocycles. The van der Waals surface area contributed by atoms with Crippen molar-refractivity contribution >= 4 is 28.9 Å². The van der Waals surface area contributed by atoms with Crippen LogP contribution in [0.2, 0.25) is 10.0 Å². The predicted octanol–water partition coefficient (Wildman–Crippen LogP) is 3.91. The van der Waals surface area contributed by atoms with Gasteiger partial charge >= 0.3 is 0 Å². The summed E-state index contributed by atoms with van der Waals surface area (Å²) >= 11 is 12.0. The molecular weight excluding hydrogens is 279 g/mol. The Balaban J connectivity index is 1.83. The molecular formula is C15H16Cl2N2. The number of anilines is 1. The van der Waals surface area contributed by atoms with Gasteiger partial charge in [0.25, 0.3) is 0 Å². The summed E-state index contributed by atoms with van der Waals surface area (Å²) in [5.41, 5.74) is 8.51. The summed E-state index contributed by atoms with van der Waals surface area (Å²) in [4.78, 5) is 0. The third-order valence-electron chi connectivity index (χ3n) is 2.90. The Labute approximate surface area is 123 Å². The van der Waals surface area contributed by atoms with Gasteiger partial charge in [0.05, 0.1) is 15.7 Å². The van der Waals surface area contributed by atoms with Crippen LogP contribution in [0.1, 0.15) is 11.1 Å². The average molecular weight is 295 g/mol. The molecule has 0 saturated heterocycles. The number of halogens is 2. The molecule has 0 saturated carbocycles. The molecule has 2 rings (SSSR count). The zero-order chi connectivity index (χ0) is 13.7. The molecule has 0 amide bonds. The van der Waals surface area contributed by atoms with E-state index in [-0.39, 0.29) is 0 Å². The highest BCUT2D eigenvalue weighted by Crippen LogP contribution is 2.28. The molecule has 100 valence electrons. The summed E-state index contributed by atoms with van der Waals surface area (Å²) in [6.07, 6.45) is 0.868. The molecule has 19 heavy (non-hydrogen) atoms. The Morgan fingerprint density at radius 2 is 1.58 bits per heavy atom. The molecule has 2 aromatic carbocycles. The second kappa shape index (κ2) is 6.80. The molecule has 4 heteroatoms. The van der Waals surface area contributed by atoms with Crippen molar-refractivity contribution in [2.45, 2.75) is 13.0 Å². The second-order valence-electron chi connectivity index (χ2n) is 4.39. The van der Waals surface area contributed by atoms with Crippen molar-refractivity contribution in [1.29, 1.82) is 0 Å². The van der Waals surface area contributed by atoms with Gasteiger partial charge in [-0.2, -0.15) is 0 Å². The first kappa shape index (κ1) is 14.2. The van der Waals surface area contributed by atoms with Crippen molar-refractivity contribution < 1.29 is 0 Å². The molecule has 0 atom stereocenters. The molecule has 0 aliphatic rings. The Kier molecular flexibility index (Phi) is 5.08. The smallest absolute Gasteiger partial charge is 0.0693 e. The summed E-state index contributed by atoms with van der Waals surface area (Å²) in [5, 5.41) is 4.42. The maximum Gasteiger partial charge on any atom is 0.0693 e. The Hall–Kier alpha value is -1.22. The van der Waals surface area contributed by atoms with Crippen LogP contribution in [-0.2, 0) is 13.0 Å². The quantitative estimate of drug-likeness (QED) is 0.648.